The van der Waals surface area contributed by atoms with Crippen LogP contribution < -0.4 is 0 Å². The van der Waals surface area contributed by atoms with E-state index in [9.17, 15) is 5.11 Å². The minimum absolute atomic E-state index is 0.00679. The first kappa shape index (κ1) is 10.7. The van der Waals surface area contributed by atoms with Gasteiger partial charge >= 0.3 is 0 Å². The second-order valence-electron chi connectivity index (χ2n) is 5.46. The van der Waals surface area contributed by atoms with Gasteiger partial charge in [-0.2, -0.15) is 0 Å². The number of aliphatic hydroxyl groups is 1. The average Bonchev–Trinajstić information content (AvgIpc) is 2.64. The van der Waals surface area contributed by atoms with E-state index in [0.717, 1.165) is 6.42 Å². The summed E-state index contributed by atoms with van der Waals surface area (Å²) in [6.45, 7) is 4.48. The molecule has 0 atom stereocenters. The molecule has 0 radical (unpaired) electrons. The summed E-state index contributed by atoms with van der Waals surface area (Å²) in [7, 11) is 0. The Morgan fingerprint density at radius 1 is 1.20 bits per heavy atom. The van der Waals surface area contributed by atoms with Gasteiger partial charge in [-0.3, -0.25) is 0 Å². The zero-order chi connectivity index (χ0) is 10.9. The van der Waals surface area contributed by atoms with Crippen LogP contribution in [-0.4, -0.2) is 11.7 Å². The number of hydrogen-bond acceptors (Lipinski definition) is 1. The van der Waals surface area contributed by atoms with Gasteiger partial charge in [-0.15, -0.1) is 0 Å². The largest absolute Gasteiger partial charge is 0.396 e. The highest BCUT2D eigenvalue weighted by atomic mass is 16.3. The van der Waals surface area contributed by atoms with Crippen LogP contribution in [0.4, 0.5) is 0 Å². The summed E-state index contributed by atoms with van der Waals surface area (Å²) in [4.78, 5) is 0. The highest BCUT2D eigenvalue weighted by Gasteiger charge is 2.18. The van der Waals surface area contributed by atoms with E-state index in [0.29, 0.717) is 0 Å². The molecule has 0 aromatic heterocycles. The van der Waals surface area contributed by atoms with Crippen molar-refractivity contribution in [2.24, 2.45) is 5.41 Å². The third kappa shape index (κ3) is 2.40. The van der Waals surface area contributed by atoms with E-state index < -0.39 is 0 Å². The summed E-state index contributed by atoms with van der Waals surface area (Å²) >= 11 is 0. The lowest BCUT2D eigenvalue weighted by molar-refractivity contribution is 0.159. The van der Waals surface area contributed by atoms with Crippen LogP contribution in [0.25, 0.3) is 0 Å². The molecule has 0 saturated carbocycles. The average molecular weight is 204 g/mol. The minimum atomic E-state index is 0.00679. The van der Waals surface area contributed by atoms with E-state index in [2.05, 4.69) is 32.0 Å². The Labute approximate surface area is 92.1 Å². The van der Waals surface area contributed by atoms with E-state index in [1.54, 1.807) is 0 Å². The van der Waals surface area contributed by atoms with Crippen LogP contribution in [0.3, 0.4) is 0 Å². The molecule has 0 aliphatic heterocycles. The summed E-state index contributed by atoms with van der Waals surface area (Å²) < 4.78 is 0. The van der Waals surface area contributed by atoms with Crippen molar-refractivity contribution in [1.29, 1.82) is 0 Å². The fourth-order valence-electron chi connectivity index (χ4n) is 2.34. The molecule has 15 heavy (non-hydrogen) atoms. The van der Waals surface area contributed by atoms with Gasteiger partial charge in [0.25, 0.3) is 0 Å². The van der Waals surface area contributed by atoms with Crippen molar-refractivity contribution in [2.45, 2.75) is 39.5 Å². The maximum absolute atomic E-state index is 9.25. The summed E-state index contributed by atoms with van der Waals surface area (Å²) in [5.41, 5.74) is 4.43. The highest BCUT2D eigenvalue weighted by molar-refractivity contribution is 5.35. The van der Waals surface area contributed by atoms with Crippen molar-refractivity contribution in [3.05, 3.63) is 34.9 Å². The molecule has 1 aliphatic carbocycles. The third-order valence-corrected chi connectivity index (χ3v) is 3.27. The van der Waals surface area contributed by atoms with Gasteiger partial charge in [0.2, 0.25) is 0 Å². The topological polar surface area (TPSA) is 20.2 Å². The first-order chi connectivity index (χ1) is 7.11. The maximum atomic E-state index is 9.25. The summed E-state index contributed by atoms with van der Waals surface area (Å²) in [6.07, 6.45) is 4.76. The van der Waals surface area contributed by atoms with Gasteiger partial charge in [0, 0.05) is 6.61 Å². The molecule has 1 N–H and O–H groups in total. The molecular formula is C14H20O. The summed E-state index contributed by atoms with van der Waals surface area (Å²) in [6, 6.07) is 6.83. The van der Waals surface area contributed by atoms with Crippen molar-refractivity contribution < 1.29 is 5.11 Å². The molecule has 2 rings (SSSR count). The van der Waals surface area contributed by atoms with Gasteiger partial charge in [0.05, 0.1) is 0 Å². The van der Waals surface area contributed by atoms with Gasteiger partial charge in [-0.1, -0.05) is 32.0 Å². The molecular weight excluding hydrogens is 184 g/mol. The Hall–Kier alpha value is -0.820. The molecule has 0 bridgehead atoms. The Morgan fingerprint density at radius 3 is 2.67 bits per heavy atom. The zero-order valence-electron chi connectivity index (χ0n) is 9.71. The Morgan fingerprint density at radius 2 is 1.93 bits per heavy atom. The van der Waals surface area contributed by atoms with Crippen LogP contribution in [0.5, 0.6) is 0 Å². The number of aryl methyl sites for hydroxylation is 2. The molecule has 0 fully saturated rings. The molecule has 1 heteroatoms. The number of benzene rings is 1. The molecule has 1 aromatic rings. The molecule has 1 nitrogen and oxygen atoms in total. The first-order valence-electron chi connectivity index (χ1n) is 5.82. The summed E-state index contributed by atoms with van der Waals surface area (Å²) in [5.74, 6) is 0. The Bertz CT molecular complexity index is 352. The van der Waals surface area contributed by atoms with E-state index in [-0.39, 0.29) is 12.0 Å². The quantitative estimate of drug-likeness (QED) is 0.802. The molecule has 0 unspecified atom stereocenters. The fourth-order valence-corrected chi connectivity index (χ4v) is 2.34. The van der Waals surface area contributed by atoms with Crippen molar-refractivity contribution in [2.75, 3.05) is 6.61 Å². The van der Waals surface area contributed by atoms with Crippen LogP contribution in [0.1, 0.15) is 37.0 Å². The third-order valence-electron chi connectivity index (χ3n) is 3.27. The van der Waals surface area contributed by atoms with Crippen LogP contribution in [0.2, 0.25) is 0 Å². The van der Waals surface area contributed by atoms with Gasteiger partial charge in [-0.25, -0.2) is 0 Å². The van der Waals surface area contributed by atoms with Crippen molar-refractivity contribution in [1.82, 2.24) is 0 Å². The van der Waals surface area contributed by atoms with Gasteiger partial charge < -0.3 is 5.11 Å². The van der Waals surface area contributed by atoms with Crippen LogP contribution in [-0.2, 0) is 19.3 Å². The Kier molecular flexibility index (Phi) is 2.83. The van der Waals surface area contributed by atoms with Gasteiger partial charge in [0.15, 0.2) is 0 Å². The molecule has 0 saturated heterocycles. The number of hydrogen-bond donors (Lipinski definition) is 1. The van der Waals surface area contributed by atoms with Gasteiger partial charge in [-0.05, 0) is 47.8 Å². The highest BCUT2D eigenvalue weighted by Crippen LogP contribution is 2.26. The van der Waals surface area contributed by atoms with Crippen LogP contribution in [0.15, 0.2) is 18.2 Å². The Balaban J connectivity index is 2.17. The minimum Gasteiger partial charge on any atom is -0.396 e. The van der Waals surface area contributed by atoms with Gasteiger partial charge in [0.1, 0.15) is 0 Å². The number of aliphatic hydroxyl groups excluding tert-OH is 1. The standard InChI is InChI=1S/C14H20O/c1-14(2,10-15)9-11-6-7-12-4-3-5-13(12)8-11/h6-8,15H,3-5,9-10H2,1-2H3. The smallest absolute Gasteiger partial charge is 0.0485 e. The molecule has 0 spiro atoms. The molecule has 0 heterocycles. The number of fused-ring (bicyclic) bond motifs is 1. The van der Waals surface area contributed by atoms with Crippen molar-refractivity contribution in [3.63, 3.8) is 0 Å². The van der Waals surface area contributed by atoms with E-state index in [1.807, 2.05) is 0 Å². The summed E-state index contributed by atoms with van der Waals surface area (Å²) in [5, 5.41) is 9.25. The van der Waals surface area contributed by atoms with E-state index in [1.165, 1.54) is 36.0 Å². The van der Waals surface area contributed by atoms with Crippen molar-refractivity contribution >= 4 is 0 Å². The first-order valence-corrected chi connectivity index (χ1v) is 5.82. The fraction of sp³-hybridized carbons (Fsp3) is 0.571. The second kappa shape index (κ2) is 3.97. The molecule has 1 aliphatic rings. The van der Waals surface area contributed by atoms with E-state index in [4.69, 9.17) is 0 Å². The predicted octanol–water partition coefficient (Wildman–Crippen LogP) is 2.74. The maximum Gasteiger partial charge on any atom is 0.0485 e. The van der Waals surface area contributed by atoms with Crippen LogP contribution >= 0.6 is 0 Å². The van der Waals surface area contributed by atoms with E-state index >= 15 is 0 Å². The monoisotopic (exact) mass is 204 g/mol. The van der Waals surface area contributed by atoms with Crippen molar-refractivity contribution in [3.8, 4) is 0 Å². The normalized spacial score (nSPS) is 15.4. The molecule has 82 valence electrons. The SMILES string of the molecule is CC(C)(CO)Cc1ccc2c(c1)CCC2. The second-order valence-corrected chi connectivity index (χ2v) is 5.46. The lowest BCUT2D eigenvalue weighted by Gasteiger charge is -2.21. The van der Waals surface area contributed by atoms with Crippen LogP contribution in [0, 0.1) is 5.41 Å². The molecule has 0 amide bonds. The zero-order valence-corrected chi connectivity index (χ0v) is 9.71. The number of rotatable bonds is 3. The predicted molar refractivity (Wildman–Crippen MR) is 63.0 cm³/mol. The molecule has 1 aromatic carbocycles. The lowest BCUT2D eigenvalue weighted by Crippen LogP contribution is -2.19. The lowest BCUT2D eigenvalue weighted by atomic mass is 9.86.